The standard InChI is InChI=1S/C13H13BrFNOS/c14-9-4-8(5-10(15)6-9)13(17)11(7-16)12-2-1-3-18-12/h1-6,11,13,17H,7,16H2. The minimum absolute atomic E-state index is 0.210. The van der Waals surface area contributed by atoms with Crippen molar-refractivity contribution in [2.75, 3.05) is 6.54 Å². The molecule has 0 spiro atoms. The third-order valence-electron chi connectivity index (χ3n) is 2.77. The van der Waals surface area contributed by atoms with E-state index in [1.807, 2.05) is 17.5 Å². The van der Waals surface area contributed by atoms with Crippen molar-refractivity contribution in [2.45, 2.75) is 12.0 Å². The summed E-state index contributed by atoms with van der Waals surface area (Å²) in [4.78, 5) is 1.00. The molecule has 0 radical (unpaired) electrons. The van der Waals surface area contributed by atoms with Gasteiger partial charge in [-0.3, -0.25) is 0 Å². The zero-order chi connectivity index (χ0) is 13.1. The highest BCUT2D eigenvalue weighted by molar-refractivity contribution is 9.10. The molecule has 0 aliphatic heterocycles. The van der Waals surface area contributed by atoms with Gasteiger partial charge in [0.25, 0.3) is 0 Å². The highest BCUT2D eigenvalue weighted by Crippen LogP contribution is 2.34. The van der Waals surface area contributed by atoms with E-state index >= 15 is 0 Å². The van der Waals surface area contributed by atoms with Gasteiger partial charge in [-0.25, -0.2) is 4.39 Å². The van der Waals surface area contributed by atoms with Crippen LogP contribution in [0.15, 0.2) is 40.2 Å². The lowest BCUT2D eigenvalue weighted by atomic mass is 9.94. The van der Waals surface area contributed by atoms with Gasteiger partial charge in [-0.15, -0.1) is 11.3 Å². The highest BCUT2D eigenvalue weighted by atomic mass is 79.9. The molecule has 2 rings (SSSR count). The van der Waals surface area contributed by atoms with Gasteiger partial charge >= 0.3 is 0 Å². The van der Waals surface area contributed by atoms with E-state index in [-0.39, 0.29) is 11.7 Å². The molecule has 0 bridgehead atoms. The monoisotopic (exact) mass is 329 g/mol. The fourth-order valence-electron chi connectivity index (χ4n) is 1.88. The summed E-state index contributed by atoms with van der Waals surface area (Å²) in [6.07, 6.45) is -0.805. The Balaban J connectivity index is 2.31. The van der Waals surface area contributed by atoms with Crippen molar-refractivity contribution in [1.29, 1.82) is 0 Å². The van der Waals surface area contributed by atoms with Crippen LogP contribution in [0.5, 0.6) is 0 Å². The van der Waals surface area contributed by atoms with Gasteiger partial charge in [0.15, 0.2) is 0 Å². The Hall–Kier alpha value is -0.750. The number of hydrogen-bond acceptors (Lipinski definition) is 3. The normalized spacial score (nSPS) is 14.4. The molecule has 1 aromatic carbocycles. The Labute approximate surface area is 117 Å². The van der Waals surface area contributed by atoms with Crippen molar-refractivity contribution in [3.8, 4) is 0 Å². The van der Waals surface area contributed by atoms with Crippen LogP contribution in [-0.4, -0.2) is 11.7 Å². The number of hydrogen-bond donors (Lipinski definition) is 2. The van der Waals surface area contributed by atoms with Gasteiger partial charge in [-0.1, -0.05) is 22.0 Å². The molecule has 0 saturated heterocycles. The summed E-state index contributed by atoms with van der Waals surface area (Å²) in [7, 11) is 0. The van der Waals surface area contributed by atoms with E-state index in [2.05, 4.69) is 15.9 Å². The van der Waals surface area contributed by atoms with E-state index in [9.17, 15) is 9.50 Å². The van der Waals surface area contributed by atoms with Gasteiger partial charge in [0.05, 0.1) is 6.10 Å². The first-order valence-electron chi connectivity index (χ1n) is 5.49. The van der Waals surface area contributed by atoms with Crippen LogP contribution in [0.3, 0.4) is 0 Å². The minimum atomic E-state index is -0.805. The molecule has 2 atom stereocenters. The first-order chi connectivity index (χ1) is 8.61. The number of halogens is 2. The lowest BCUT2D eigenvalue weighted by Gasteiger charge is -2.21. The molecule has 0 aliphatic rings. The van der Waals surface area contributed by atoms with Gasteiger partial charge in [0.1, 0.15) is 5.82 Å². The summed E-state index contributed by atoms with van der Waals surface area (Å²) >= 11 is 4.76. The van der Waals surface area contributed by atoms with E-state index in [1.165, 1.54) is 12.1 Å². The summed E-state index contributed by atoms with van der Waals surface area (Å²) < 4.78 is 13.9. The van der Waals surface area contributed by atoms with Crippen LogP contribution in [0, 0.1) is 5.82 Å². The zero-order valence-electron chi connectivity index (χ0n) is 9.51. The Kier molecular flexibility index (Phi) is 4.50. The lowest BCUT2D eigenvalue weighted by molar-refractivity contribution is 0.148. The van der Waals surface area contributed by atoms with Crippen LogP contribution in [0.1, 0.15) is 22.5 Å². The molecular formula is C13H13BrFNOS. The molecule has 0 fully saturated rings. The zero-order valence-corrected chi connectivity index (χ0v) is 11.9. The molecule has 1 aromatic heterocycles. The number of benzene rings is 1. The first-order valence-corrected chi connectivity index (χ1v) is 7.16. The van der Waals surface area contributed by atoms with Crippen molar-refractivity contribution in [3.63, 3.8) is 0 Å². The molecule has 2 unspecified atom stereocenters. The molecule has 3 N–H and O–H groups in total. The smallest absolute Gasteiger partial charge is 0.124 e. The van der Waals surface area contributed by atoms with Crippen LogP contribution >= 0.6 is 27.3 Å². The van der Waals surface area contributed by atoms with Crippen molar-refractivity contribution in [3.05, 3.63) is 56.4 Å². The minimum Gasteiger partial charge on any atom is -0.388 e. The molecule has 0 amide bonds. The first kappa shape index (κ1) is 13.7. The summed E-state index contributed by atoms with van der Waals surface area (Å²) in [5, 5.41) is 12.3. The van der Waals surface area contributed by atoms with E-state index in [4.69, 9.17) is 5.73 Å². The second kappa shape index (κ2) is 5.93. The van der Waals surface area contributed by atoms with Crippen molar-refractivity contribution in [2.24, 2.45) is 5.73 Å². The second-order valence-corrected chi connectivity index (χ2v) is 5.90. The average molecular weight is 330 g/mol. The molecule has 0 aliphatic carbocycles. The molecule has 5 heteroatoms. The molecule has 2 nitrogen and oxygen atoms in total. The van der Waals surface area contributed by atoms with Gasteiger partial charge in [-0.2, -0.15) is 0 Å². The fourth-order valence-corrected chi connectivity index (χ4v) is 3.24. The summed E-state index contributed by atoms with van der Waals surface area (Å²) in [5.41, 5.74) is 6.25. The van der Waals surface area contributed by atoms with E-state index < -0.39 is 6.10 Å². The number of nitrogens with two attached hydrogens (primary N) is 1. The van der Waals surface area contributed by atoms with E-state index in [0.717, 1.165) is 4.88 Å². The number of aliphatic hydroxyl groups is 1. The van der Waals surface area contributed by atoms with Gasteiger partial charge < -0.3 is 10.8 Å². The Morgan fingerprint density at radius 3 is 2.72 bits per heavy atom. The average Bonchev–Trinajstić information content (AvgIpc) is 2.82. The maximum atomic E-state index is 13.3. The summed E-state index contributed by atoms with van der Waals surface area (Å²) in [6, 6.07) is 8.26. The number of aliphatic hydroxyl groups excluding tert-OH is 1. The van der Waals surface area contributed by atoms with E-state index in [0.29, 0.717) is 16.6 Å². The van der Waals surface area contributed by atoms with Crippen molar-refractivity contribution in [1.82, 2.24) is 0 Å². The molecular weight excluding hydrogens is 317 g/mol. The summed E-state index contributed by atoms with van der Waals surface area (Å²) in [6.45, 7) is 0.315. The molecule has 18 heavy (non-hydrogen) atoms. The largest absolute Gasteiger partial charge is 0.388 e. The molecule has 96 valence electrons. The van der Waals surface area contributed by atoms with Crippen LogP contribution < -0.4 is 5.73 Å². The third-order valence-corrected chi connectivity index (χ3v) is 4.23. The number of rotatable bonds is 4. The van der Waals surface area contributed by atoms with Crippen LogP contribution in [0.2, 0.25) is 0 Å². The SMILES string of the molecule is NCC(c1cccs1)C(O)c1cc(F)cc(Br)c1. The maximum Gasteiger partial charge on any atom is 0.124 e. The Morgan fingerprint density at radius 2 is 2.17 bits per heavy atom. The van der Waals surface area contributed by atoms with Crippen LogP contribution in [0.25, 0.3) is 0 Å². The van der Waals surface area contributed by atoms with Gasteiger partial charge in [-0.05, 0) is 35.2 Å². The van der Waals surface area contributed by atoms with Crippen molar-refractivity contribution >= 4 is 27.3 Å². The van der Waals surface area contributed by atoms with E-state index in [1.54, 1.807) is 17.4 Å². The molecule has 0 saturated carbocycles. The predicted molar refractivity (Wildman–Crippen MR) is 75.2 cm³/mol. The highest BCUT2D eigenvalue weighted by Gasteiger charge is 2.23. The topological polar surface area (TPSA) is 46.2 Å². The Bertz CT molecular complexity index is 497. The van der Waals surface area contributed by atoms with Crippen molar-refractivity contribution < 1.29 is 9.50 Å². The quantitative estimate of drug-likeness (QED) is 0.902. The molecule has 1 heterocycles. The fraction of sp³-hybridized carbons (Fsp3) is 0.231. The van der Waals surface area contributed by atoms with Crippen LogP contribution in [-0.2, 0) is 0 Å². The second-order valence-electron chi connectivity index (χ2n) is 4.01. The third kappa shape index (κ3) is 2.98. The van der Waals surface area contributed by atoms with Gasteiger partial charge in [0, 0.05) is 21.8 Å². The summed E-state index contributed by atoms with van der Waals surface area (Å²) in [5.74, 6) is -0.584. The number of thiophene rings is 1. The predicted octanol–water partition coefficient (Wildman–Crippen LogP) is 3.43. The Morgan fingerprint density at radius 1 is 1.39 bits per heavy atom. The van der Waals surface area contributed by atoms with Gasteiger partial charge in [0.2, 0.25) is 0 Å². The maximum absolute atomic E-state index is 13.3. The molecule has 2 aromatic rings. The van der Waals surface area contributed by atoms with Crippen LogP contribution in [0.4, 0.5) is 4.39 Å². The lowest BCUT2D eigenvalue weighted by Crippen LogP contribution is -2.19.